The van der Waals surface area contributed by atoms with Gasteiger partial charge < -0.3 is 20.3 Å². The summed E-state index contributed by atoms with van der Waals surface area (Å²) in [6.45, 7) is -0.0583. The lowest BCUT2D eigenvalue weighted by molar-refractivity contribution is 0.0601. The molecule has 0 aliphatic carbocycles. The molecule has 2 aromatic rings. The predicted molar refractivity (Wildman–Crippen MR) is 84.8 cm³/mol. The first-order valence-electron chi connectivity index (χ1n) is 6.96. The number of carbonyl (C=O) groups excluding carboxylic acids is 1. The van der Waals surface area contributed by atoms with E-state index >= 15 is 0 Å². The summed E-state index contributed by atoms with van der Waals surface area (Å²) >= 11 is 0. The average molecular weight is 301 g/mol. The number of esters is 1. The van der Waals surface area contributed by atoms with Crippen LogP contribution in [0.3, 0.4) is 0 Å². The minimum atomic E-state index is -0.825. The normalized spacial score (nSPS) is 11.8. The van der Waals surface area contributed by atoms with Crippen molar-refractivity contribution >= 4 is 11.7 Å². The second kappa shape index (κ2) is 7.59. The van der Waals surface area contributed by atoms with Gasteiger partial charge in [-0.15, -0.1) is 0 Å². The highest BCUT2D eigenvalue weighted by Gasteiger charge is 2.10. The summed E-state index contributed by atoms with van der Waals surface area (Å²) in [4.78, 5) is 11.6. The van der Waals surface area contributed by atoms with Gasteiger partial charge in [-0.25, -0.2) is 4.79 Å². The lowest BCUT2D eigenvalue weighted by Gasteiger charge is -2.14. The average Bonchev–Trinajstić information content (AvgIpc) is 2.59. The first-order chi connectivity index (χ1) is 10.7. The van der Waals surface area contributed by atoms with E-state index in [2.05, 4.69) is 5.32 Å². The lowest BCUT2D eigenvalue weighted by atomic mass is 10.0. The van der Waals surface area contributed by atoms with Crippen LogP contribution in [0, 0.1) is 0 Å². The smallest absolute Gasteiger partial charge is 0.337 e. The molecule has 0 spiro atoms. The van der Waals surface area contributed by atoms with E-state index in [1.165, 1.54) is 7.11 Å². The molecule has 1 atom stereocenters. The van der Waals surface area contributed by atoms with Gasteiger partial charge in [-0.1, -0.05) is 30.3 Å². The van der Waals surface area contributed by atoms with Crippen LogP contribution in [0.4, 0.5) is 5.69 Å². The Kier molecular flexibility index (Phi) is 5.52. The third-order valence-corrected chi connectivity index (χ3v) is 3.26. The molecule has 0 heterocycles. The molecule has 0 saturated carbocycles. The van der Waals surface area contributed by atoms with Crippen molar-refractivity contribution in [3.63, 3.8) is 0 Å². The number of aliphatic hydroxyl groups excluding tert-OH is 2. The van der Waals surface area contributed by atoms with E-state index in [9.17, 15) is 9.90 Å². The fraction of sp³-hybridized carbons (Fsp3) is 0.235. The van der Waals surface area contributed by atoms with E-state index in [0.29, 0.717) is 5.56 Å². The predicted octanol–water partition coefficient (Wildman–Crippen LogP) is 1.91. The summed E-state index contributed by atoms with van der Waals surface area (Å²) < 4.78 is 4.74. The molecule has 1 unspecified atom stereocenters. The Balaban J connectivity index is 2.30. The summed E-state index contributed by atoms with van der Waals surface area (Å²) in [6.07, 6.45) is -0.825. The highest BCUT2D eigenvalue weighted by molar-refractivity contribution is 5.91. The van der Waals surface area contributed by atoms with Crippen LogP contribution in [0.1, 0.15) is 10.4 Å². The molecule has 0 aliphatic heterocycles. The number of anilines is 1. The van der Waals surface area contributed by atoms with Gasteiger partial charge in [0.05, 0.1) is 25.4 Å². The molecule has 5 nitrogen and oxygen atoms in total. The van der Waals surface area contributed by atoms with Gasteiger partial charge in [0.25, 0.3) is 0 Å². The van der Waals surface area contributed by atoms with E-state index in [0.717, 1.165) is 16.8 Å². The van der Waals surface area contributed by atoms with Crippen LogP contribution in [-0.4, -0.2) is 42.5 Å². The summed E-state index contributed by atoms with van der Waals surface area (Å²) in [5, 5.41) is 21.4. The number of para-hydroxylation sites is 1. The molecule has 0 saturated heterocycles. The number of carbonyl (C=O) groups is 1. The van der Waals surface area contributed by atoms with Gasteiger partial charge >= 0.3 is 5.97 Å². The molecular weight excluding hydrogens is 282 g/mol. The van der Waals surface area contributed by atoms with Gasteiger partial charge in [-0.3, -0.25) is 0 Å². The number of ether oxygens (including phenoxy) is 1. The van der Waals surface area contributed by atoms with Gasteiger partial charge in [-0.2, -0.15) is 0 Å². The van der Waals surface area contributed by atoms with Crippen molar-refractivity contribution in [2.45, 2.75) is 6.10 Å². The first kappa shape index (κ1) is 16.0. The Bertz CT molecular complexity index is 642. The van der Waals surface area contributed by atoms with Crippen LogP contribution in [0.15, 0.2) is 48.5 Å². The van der Waals surface area contributed by atoms with Crippen molar-refractivity contribution in [1.29, 1.82) is 0 Å². The van der Waals surface area contributed by atoms with E-state index in [1.807, 2.05) is 30.3 Å². The highest BCUT2D eigenvalue weighted by Crippen LogP contribution is 2.28. The fourth-order valence-corrected chi connectivity index (χ4v) is 2.11. The van der Waals surface area contributed by atoms with Crippen LogP contribution in [0.25, 0.3) is 11.1 Å². The minimum absolute atomic E-state index is 0.240. The fourth-order valence-electron chi connectivity index (χ4n) is 2.11. The number of nitrogens with one attached hydrogen (secondary N) is 1. The minimum Gasteiger partial charge on any atom is -0.465 e. The van der Waals surface area contributed by atoms with Gasteiger partial charge in [-0.05, 0) is 23.8 Å². The van der Waals surface area contributed by atoms with Crippen molar-refractivity contribution in [2.75, 3.05) is 25.6 Å². The third-order valence-electron chi connectivity index (χ3n) is 3.26. The van der Waals surface area contributed by atoms with E-state index < -0.39 is 6.10 Å². The quantitative estimate of drug-likeness (QED) is 0.710. The van der Waals surface area contributed by atoms with E-state index in [4.69, 9.17) is 9.84 Å². The Morgan fingerprint density at radius 1 is 1.23 bits per heavy atom. The zero-order valence-corrected chi connectivity index (χ0v) is 12.3. The standard InChI is InChI=1S/C17H19NO4/c1-22-17(21)13-6-4-5-12(9-13)15-7-2-3-8-16(15)18-10-14(20)11-19/h2-9,14,18-20H,10-11H2,1H3. The molecule has 0 aromatic heterocycles. The van der Waals surface area contributed by atoms with Gasteiger partial charge in [0, 0.05) is 17.8 Å². The largest absolute Gasteiger partial charge is 0.465 e. The van der Waals surface area contributed by atoms with Crippen LogP contribution in [0.5, 0.6) is 0 Å². The van der Waals surface area contributed by atoms with Crippen molar-refractivity contribution in [3.8, 4) is 11.1 Å². The molecule has 3 N–H and O–H groups in total. The number of methoxy groups -OCH3 is 1. The molecule has 0 aliphatic rings. The van der Waals surface area contributed by atoms with Crippen molar-refractivity contribution in [2.24, 2.45) is 0 Å². The molecule has 2 aromatic carbocycles. The second-order valence-electron chi connectivity index (χ2n) is 4.84. The monoisotopic (exact) mass is 301 g/mol. The van der Waals surface area contributed by atoms with Crippen molar-refractivity contribution in [1.82, 2.24) is 0 Å². The van der Waals surface area contributed by atoms with E-state index in [1.54, 1.807) is 18.2 Å². The third kappa shape index (κ3) is 3.84. The van der Waals surface area contributed by atoms with Crippen molar-refractivity contribution < 1.29 is 19.7 Å². The zero-order valence-electron chi connectivity index (χ0n) is 12.3. The van der Waals surface area contributed by atoms with Crippen LogP contribution >= 0.6 is 0 Å². The Morgan fingerprint density at radius 3 is 2.73 bits per heavy atom. The molecule has 0 radical (unpaired) electrons. The van der Waals surface area contributed by atoms with E-state index in [-0.39, 0.29) is 19.1 Å². The Morgan fingerprint density at radius 2 is 2.00 bits per heavy atom. The topological polar surface area (TPSA) is 78.8 Å². The van der Waals surface area contributed by atoms with Crippen molar-refractivity contribution in [3.05, 3.63) is 54.1 Å². The lowest BCUT2D eigenvalue weighted by Crippen LogP contribution is -2.23. The maximum Gasteiger partial charge on any atom is 0.337 e. The first-order valence-corrected chi connectivity index (χ1v) is 6.96. The van der Waals surface area contributed by atoms with Crippen LogP contribution in [-0.2, 0) is 4.74 Å². The van der Waals surface area contributed by atoms with Gasteiger partial charge in [0.1, 0.15) is 0 Å². The summed E-state index contributed by atoms with van der Waals surface area (Å²) in [5.74, 6) is -0.386. The van der Waals surface area contributed by atoms with Crippen LogP contribution in [0.2, 0.25) is 0 Å². The summed E-state index contributed by atoms with van der Waals surface area (Å²) in [5.41, 5.74) is 3.06. The van der Waals surface area contributed by atoms with Gasteiger partial charge in [0.2, 0.25) is 0 Å². The summed E-state index contributed by atoms with van der Waals surface area (Å²) in [7, 11) is 1.35. The second-order valence-corrected chi connectivity index (χ2v) is 4.84. The molecule has 0 amide bonds. The Labute approximate surface area is 129 Å². The molecule has 0 bridgehead atoms. The molecule has 5 heteroatoms. The maximum absolute atomic E-state index is 11.6. The molecule has 22 heavy (non-hydrogen) atoms. The van der Waals surface area contributed by atoms with Gasteiger partial charge in [0.15, 0.2) is 0 Å². The number of hydrogen-bond donors (Lipinski definition) is 3. The maximum atomic E-state index is 11.6. The molecule has 2 rings (SSSR count). The molecular formula is C17H19NO4. The number of hydrogen-bond acceptors (Lipinski definition) is 5. The number of benzene rings is 2. The SMILES string of the molecule is COC(=O)c1cccc(-c2ccccc2NCC(O)CO)c1. The van der Waals surface area contributed by atoms with Crippen LogP contribution < -0.4 is 5.32 Å². The number of aliphatic hydroxyl groups is 2. The molecule has 116 valence electrons. The number of rotatable bonds is 6. The highest BCUT2D eigenvalue weighted by atomic mass is 16.5. The molecule has 0 fully saturated rings. The summed E-state index contributed by atoms with van der Waals surface area (Å²) in [6, 6.07) is 14.7. The Hall–Kier alpha value is -2.37. The zero-order chi connectivity index (χ0) is 15.9.